The number of carbonyl (C=O) groups excluding carboxylic acids is 1. The van der Waals surface area contributed by atoms with E-state index >= 15 is 0 Å². The number of fused-ring (bicyclic) bond motifs is 2. The van der Waals surface area contributed by atoms with Crippen molar-refractivity contribution in [3.05, 3.63) is 59.2 Å². The minimum absolute atomic E-state index is 0.0471. The van der Waals surface area contributed by atoms with Crippen molar-refractivity contribution in [1.82, 2.24) is 5.32 Å². The zero-order valence-corrected chi connectivity index (χ0v) is 21.0. The van der Waals surface area contributed by atoms with E-state index in [1.54, 1.807) is 0 Å². The van der Waals surface area contributed by atoms with Gasteiger partial charge in [0.15, 0.2) is 8.32 Å². The lowest BCUT2D eigenvalue weighted by Gasteiger charge is -2.40. The van der Waals surface area contributed by atoms with Gasteiger partial charge in [-0.1, -0.05) is 51.1 Å². The van der Waals surface area contributed by atoms with Gasteiger partial charge in [-0.05, 0) is 60.7 Å². The first-order valence-corrected chi connectivity index (χ1v) is 14.6. The minimum atomic E-state index is -1.84. The molecule has 172 valence electrons. The summed E-state index contributed by atoms with van der Waals surface area (Å²) in [6.45, 7) is 12.1. The van der Waals surface area contributed by atoms with Crippen molar-refractivity contribution < 1.29 is 14.0 Å². The Hall–Kier alpha value is -2.31. The Morgan fingerprint density at radius 2 is 1.88 bits per heavy atom. The lowest BCUT2D eigenvalue weighted by Crippen LogP contribution is -2.45. The van der Waals surface area contributed by atoms with Gasteiger partial charge in [-0.15, -0.1) is 0 Å². The smallest absolute Gasteiger partial charge is 0.319 e. The quantitative estimate of drug-likeness (QED) is 0.542. The third kappa shape index (κ3) is 4.86. The summed E-state index contributed by atoms with van der Waals surface area (Å²) in [4.78, 5) is 12.9. The van der Waals surface area contributed by atoms with Gasteiger partial charge in [0, 0.05) is 23.8 Å². The maximum absolute atomic E-state index is 12.9. The highest BCUT2D eigenvalue weighted by Gasteiger charge is 2.40. The van der Waals surface area contributed by atoms with Crippen molar-refractivity contribution in [3.8, 4) is 5.75 Å². The Kier molecular flexibility index (Phi) is 6.36. The first kappa shape index (κ1) is 22.9. The van der Waals surface area contributed by atoms with E-state index in [4.69, 9.17) is 9.16 Å². The molecule has 1 aliphatic carbocycles. The number of ether oxygens (including phenoxy) is 1. The number of anilines is 1. The molecule has 1 heterocycles. The van der Waals surface area contributed by atoms with Gasteiger partial charge in [-0.2, -0.15) is 0 Å². The predicted octanol–water partition coefficient (Wildman–Crippen LogP) is 6.21. The van der Waals surface area contributed by atoms with Crippen LogP contribution in [-0.4, -0.2) is 27.1 Å². The van der Waals surface area contributed by atoms with Crippen LogP contribution in [0.4, 0.5) is 10.5 Å². The molecule has 0 saturated carbocycles. The van der Waals surface area contributed by atoms with Crippen LogP contribution < -0.4 is 15.4 Å². The van der Waals surface area contributed by atoms with Crippen LogP contribution in [0.1, 0.15) is 56.3 Å². The average molecular weight is 453 g/mol. The fraction of sp³-hybridized carbons (Fsp3) is 0.500. The molecule has 2 aromatic rings. The Bertz CT molecular complexity index is 983. The Morgan fingerprint density at radius 3 is 2.66 bits per heavy atom. The molecule has 1 aliphatic heterocycles. The van der Waals surface area contributed by atoms with Gasteiger partial charge in [-0.25, -0.2) is 4.79 Å². The number of urea groups is 1. The van der Waals surface area contributed by atoms with Crippen molar-refractivity contribution in [2.75, 3.05) is 11.9 Å². The predicted molar refractivity (Wildman–Crippen MR) is 132 cm³/mol. The molecule has 0 aromatic heterocycles. The van der Waals surface area contributed by atoms with E-state index < -0.39 is 8.32 Å². The zero-order chi connectivity index (χ0) is 22.9. The molecule has 0 radical (unpaired) electrons. The number of aryl methyl sites for hydroxylation is 1. The summed E-state index contributed by atoms with van der Waals surface area (Å²) in [5.74, 6) is 0.853. The Labute approximate surface area is 193 Å². The summed E-state index contributed by atoms with van der Waals surface area (Å²) in [5, 5.41) is 6.46. The van der Waals surface area contributed by atoms with Crippen LogP contribution in [0, 0.1) is 0 Å². The fourth-order valence-electron chi connectivity index (χ4n) is 4.38. The highest BCUT2D eigenvalue weighted by Crippen LogP contribution is 2.40. The summed E-state index contributed by atoms with van der Waals surface area (Å²) in [5.41, 5.74) is 4.45. The number of amides is 2. The molecule has 0 spiro atoms. The van der Waals surface area contributed by atoms with Crippen LogP contribution in [0.5, 0.6) is 5.75 Å². The molecule has 2 atom stereocenters. The lowest BCUT2D eigenvalue weighted by atomic mass is 9.88. The number of rotatable bonds is 4. The van der Waals surface area contributed by atoms with Crippen LogP contribution in [0.2, 0.25) is 18.1 Å². The van der Waals surface area contributed by atoms with Gasteiger partial charge in [0.1, 0.15) is 5.75 Å². The summed E-state index contributed by atoms with van der Waals surface area (Å²) >= 11 is 0. The Balaban J connectivity index is 1.46. The van der Waals surface area contributed by atoms with Crippen molar-refractivity contribution in [2.24, 2.45) is 0 Å². The Morgan fingerprint density at radius 1 is 1.09 bits per heavy atom. The van der Waals surface area contributed by atoms with Crippen molar-refractivity contribution >= 4 is 20.0 Å². The van der Waals surface area contributed by atoms with Crippen molar-refractivity contribution in [2.45, 2.75) is 76.7 Å². The van der Waals surface area contributed by atoms with E-state index in [-0.39, 0.29) is 23.2 Å². The zero-order valence-electron chi connectivity index (χ0n) is 20.0. The van der Waals surface area contributed by atoms with E-state index in [1.807, 2.05) is 36.4 Å². The molecule has 2 aromatic carbocycles. The second kappa shape index (κ2) is 8.91. The number of hydrogen-bond donors (Lipinski definition) is 2. The number of carbonyl (C=O) groups is 1. The normalized spacial score (nSPS) is 20.5. The largest absolute Gasteiger partial charge is 0.493 e. The number of hydrogen-bond acceptors (Lipinski definition) is 3. The fourth-order valence-corrected chi connectivity index (χ4v) is 5.76. The third-order valence-corrected chi connectivity index (χ3v) is 11.8. The van der Waals surface area contributed by atoms with Gasteiger partial charge < -0.3 is 19.8 Å². The SMILES string of the molecule is CC(C)(C)[Si](C)(C)OC1CCc2cccc(NC(=O)N[C@H]3CCOc4ccccc43)c2C1. The first-order valence-electron chi connectivity index (χ1n) is 11.7. The minimum Gasteiger partial charge on any atom is -0.493 e. The molecule has 0 saturated heterocycles. The van der Waals surface area contributed by atoms with Crippen molar-refractivity contribution in [3.63, 3.8) is 0 Å². The van der Waals surface area contributed by atoms with Gasteiger partial charge in [-0.3, -0.25) is 0 Å². The van der Waals surface area contributed by atoms with Gasteiger partial charge in [0.2, 0.25) is 0 Å². The standard InChI is InChI=1S/C26H36N2O3Si/c1-26(2,3)32(4,5)31-19-14-13-18-9-8-11-22(21(18)17-19)27-25(29)28-23-15-16-30-24-12-7-6-10-20(23)24/h6-12,19,23H,13-17H2,1-5H3,(H2,27,28,29)/t19?,23-/m0/s1. The number of benzene rings is 2. The molecule has 32 heavy (non-hydrogen) atoms. The molecule has 2 N–H and O–H groups in total. The molecule has 4 rings (SSSR count). The van der Waals surface area contributed by atoms with E-state index in [0.29, 0.717) is 6.61 Å². The summed E-state index contributed by atoms with van der Waals surface area (Å²) in [7, 11) is -1.84. The van der Waals surface area contributed by atoms with E-state index in [0.717, 1.165) is 42.7 Å². The maximum Gasteiger partial charge on any atom is 0.319 e. The molecular weight excluding hydrogens is 416 g/mol. The third-order valence-electron chi connectivity index (χ3n) is 7.22. The lowest BCUT2D eigenvalue weighted by molar-refractivity contribution is 0.165. The van der Waals surface area contributed by atoms with Crippen LogP contribution >= 0.6 is 0 Å². The summed E-state index contributed by atoms with van der Waals surface area (Å²) in [6.07, 6.45) is 3.84. The highest BCUT2D eigenvalue weighted by atomic mass is 28.4. The van der Waals surface area contributed by atoms with Crippen LogP contribution in [0.25, 0.3) is 0 Å². The topological polar surface area (TPSA) is 59.6 Å². The second-order valence-electron chi connectivity index (χ2n) is 10.5. The maximum atomic E-state index is 12.9. The van der Waals surface area contributed by atoms with Crippen LogP contribution in [0.15, 0.2) is 42.5 Å². The van der Waals surface area contributed by atoms with Crippen LogP contribution in [-0.2, 0) is 17.3 Å². The van der Waals surface area contributed by atoms with Gasteiger partial charge in [0.05, 0.1) is 12.6 Å². The van der Waals surface area contributed by atoms with E-state index in [1.165, 1.54) is 11.1 Å². The second-order valence-corrected chi connectivity index (χ2v) is 15.3. The molecule has 6 heteroatoms. The molecule has 1 unspecified atom stereocenters. The van der Waals surface area contributed by atoms with E-state index in [2.05, 4.69) is 50.6 Å². The molecule has 0 bridgehead atoms. The van der Waals surface area contributed by atoms with Crippen molar-refractivity contribution in [1.29, 1.82) is 0 Å². The van der Waals surface area contributed by atoms with Gasteiger partial charge >= 0.3 is 6.03 Å². The van der Waals surface area contributed by atoms with E-state index in [9.17, 15) is 4.79 Å². The highest BCUT2D eigenvalue weighted by molar-refractivity contribution is 6.74. The summed E-state index contributed by atoms with van der Waals surface area (Å²) < 4.78 is 12.4. The number of para-hydroxylation sites is 1. The molecule has 5 nitrogen and oxygen atoms in total. The molecular formula is C26H36N2O3Si. The number of nitrogens with one attached hydrogen (secondary N) is 2. The van der Waals surface area contributed by atoms with Gasteiger partial charge in [0.25, 0.3) is 0 Å². The van der Waals surface area contributed by atoms with Crippen LogP contribution in [0.3, 0.4) is 0 Å². The summed E-state index contributed by atoms with van der Waals surface area (Å²) in [6, 6.07) is 13.9. The monoisotopic (exact) mass is 452 g/mol. The first-order chi connectivity index (χ1) is 15.1. The molecule has 0 fully saturated rings. The average Bonchev–Trinajstić information content (AvgIpc) is 2.73. The molecule has 2 amide bonds. The molecule has 2 aliphatic rings.